The zero-order valence-corrected chi connectivity index (χ0v) is 22.6. The molecule has 0 saturated heterocycles. The lowest BCUT2D eigenvalue weighted by Crippen LogP contribution is -2.25. The Balaban J connectivity index is 1.76. The van der Waals surface area contributed by atoms with Crippen molar-refractivity contribution in [1.29, 1.82) is 5.26 Å². The molecule has 0 saturated carbocycles. The summed E-state index contributed by atoms with van der Waals surface area (Å²) in [7, 11) is 3.19. The second-order valence-corrected chi connectivity index (χ2v) is 9.84. The molecule has 0 aliphatic heterocycles. The summed E-state index contributed by atoms with van der Waals surface area (Å²) < 4.78 is 10.7. The fourth-order valence-corrected chi connectivity index (χ4v) is 5.03. The first kappa shape index (κ1) is 26.8. The Morgan fingerprint density at radius 2 is 1.68 bits per heavy atom. The van der Waals surface area contributed by atoms with Crippen LogP contribution in [0.25, 0.3) is 22.4 Å². The van der Waals surface area contributed by atoms with Crippen LogP contribution in [-0.2, 0) is 4.79 Å². The van der Waals surface area contributed by atoms with Gasteiger partial charge in [0.05, 0.1) is 36.4 Å². The zero-order chi connectivity index (χ0) is 27.1. The van der Waals surface area contributed by atoms with Crippen molar-refractivity contribution < 1.29 is 14.3 Å². The van der Waals surface area contributed by atoms with Gasteiger partial charge in [0, 0.05) is 11.1 Å². The predicted octanol–water partition coefficient (Wildman–Crippen LogP) is 7.12. The molecule has 4 aromatic rings. The van der Waals surface area contributed by atoms with E-state index in [0.717, 1.165) is 28.0 Å². The van der Waals surface area contributed by atoms with Gasteiger partial charge in [-0.3, -0.25) is 4.79 Å². The van der Waals surface area contributed by atoms with Crippen molar-refractivity contribution in [2.75, 3.05) is 19.5 Å². The molecule has 6 nitrogen and oxygen atoms in total. The highest BCUT2D eigenvalue weighted by Crippen LogP contribution is 2.37. The van der Waals surface area contributed by atoms with E-state index in [0.29, 0.717) is 34.1 Å². The summed E-state index contributed by atoms with van der Waals surface area (Å²) in [6.45, 7) is 3.97. The Labute approximate surface area is 227 Å². The number of methoxy groups -OCH3 is 2. The summed E-state index contributed by atoms with van der Waals surface area (Å²) in [5, 5.41) is 13.2. The Kier molecular flexibility index (Phi) is 8.67. The van der Waals surface area contributed by atoms with E-state index < -0.39 is 5.25 Å². The van der Waals surface area contributed by atoms with Crippen LogP contribution in [0.5, 0.6) is 11.5 Å². The van der Waals surface area contributed by atoms with Crippen molar-refractivity contribution in [1.82, 2.24) is 4.98 Å². The molecule has 1 unspecified atom stereocenters. The number of rotatable bonds is 9. The summed E-state index contributed by atoms with van der Waals surface area (Å²) in [6.07, 6.45) is 0.546. The first-order valence-corrected chi connectivity index (χ1v) is 13.1. The number of carbonyl (C=O) groups excluding carboxylic acids is 1. The van der Waals surface area contributed by atoms with E-state index in [1.165, 1.54) is 11.8 Å². The van der Waals surface area contributed by atoms with Crippen molar-refractivity contribution in [2.45, 2.75) is 30.5 Å². The predicted molar refractivity (Wildman–Crippen MR) is 153 cm³/mol. The number of ether oxygens (including phenoxy) is 2. The fraction of sp³-hybridized carbons (Fsp3) is 0.194. The molecular formula is C31H29N3O3S. The van der Waals surface area contributed by atoms with Gasteiger partial charge in [-0.25, -0.2) is 4.98 Å². The van der Waals surface area contributed by atoms with Gasteiger partial charge in [0.2, 0.25) is 5.91 Å². The number of amides is 1. The smallest absolute Gasteiger partial charge is 0.238 e. The minimum Gasteiger partial charge on any atom is -0.497 e. The summed E-state index contributed by atoms with van der Waals surface area (Å²) in [5.41, 5.74) is 5.46. The minimum atomic E-state index is -0.475. The molecule has 3 aromatic carbocycles. The lowest BCUT2D eigenvalue weighted by molar-refractivity contribution is -0.115. The second-order valence-electron chi connectivity index (χ2n) is 8.65. The van der Waals surface area contributed by atoms with Crippen LogP contribution in [-0.4, -0.2) is 30.4 Å². The lowest BCUT2D eigenvalue weighted by Gasteiger charge is -2.18. The Morgan fingerprint density at radius 1 is 1.00 bits per heavy atom. The van der Waals surface area contributed by atoms with E-state index in [1.54, 1.807) is 26.4 Å². The average molecular weight is 524 g/mol. The van der Waals surface area contributed by atoms with Crippen LogP contribution in [0.1, 0.15) is 24.5 Å². The van der Waals surface area contributed by atoms with Gasteiger partial charge in [-0.15, -0.1) is 0 Å². The Bertz CT molecular complexity index is 1460. The largest absolute Gasteiger partial charge is 0.497 e. The van der Waals surface area contributed by atoms with E-state index in [1.807, 2.05) is 80.6 Å². The van der Waals surface area contributed by atoms with Crippen LogP contribution in [0.3, 0.4) is 0 Å². The molecular weight excluding hydrogens is 494 g/mol. The molecule has 1 aromatic heterocycles. The molecule has 1 N–H and O–H groups in total. The highest BCUT2D eigenvalue weighted by atomic mass is 32.2. The van der Waals surface area contributed by atoms with E-state index in [2.05, 4.69) is 11.4 Å². The zero-order valence-electron chi connectivity index (χ0n) is 21.8. The maximum Gasteiger partial charge on any atom is 0.238 e. The summed E-state index contributed by atoms with van der Waals surface area (Å²) >= 11 is 1.30. The number of aryl methyl sites for hydroxylation is 1. The van der Waals surface area contributed by atoms with Crippen molar-refractivity contribution in [3.8, 4) is 40.0 Å². The quantitative estimate of drug-likeness (QED) is 0.235. The van der Waals surface area contributed by atoms with E-state index >= 15 is 0 Å². The van der Waals surface area contributed by atoms with Crippen LogP contribution in [0.4, 0.5) is 5.69 Å². The lowest BCUT2D eigenvalue weighted by atomic mass is 9.98. The molecule has 4 rings (SSSR count). The summed E-state index contributed by atoms with van der Waals surface area (Å²) in [6, 6.07) is 27.3. The number of para-hydroxylation sites is 2. The van der Waals surface area contributed by atoms with Gasteiger partial charge in [-0.1, -0.05) is 60.6 Å². The summed E-state index contributed by atoms with van der Waals surface area (Å²) in [4.78, 5) is 18.2. The number of pyridine rings is 1. The maximum atomic E-state index is 13.3. The molecule has 0 radical (unpaired) electrons. The monoisotopic (exact) mass is 523 g/mol. The van der Waals surface area contributed by atoms with Crippen molar-refractivity contribution in [2.24, 2.45) is 0 Å². The fourth-order valence-electron chi connectivity index (χ4n) is 4.00. The molecule has 192 valence electrons. The van der Waals surface area contributed by atoms with Crippen molar-refractivity contribution in [3.05, 3.63) is 90.0 Å². The molecule has 0 aliphatic carbocycles. The highest BCUT2D eigenvalue weighted by Gasteiger charge is 2.24. The van der Waals surface area contributed by atoms with Gasteiger partial charge >= 0.3 is 0 Å². The topological polar surface area (TPSA) is 84.2 Å². The number of anilines is 1. The number of thioether (sulfide) groups is 1. The van der Waals surface area contributed by atoms with Gasteiger partial charge in [-0.05, 0) is 61.4 Å². The SMILES string of the molecule is CCC(Sc1nc(-c2ccc(OC)cc2)cc(-c2ccc(C)cc2)c1C#N)C(=O)Nc1ccccc1OC. The van der Waals surface area contributed by atoms with Crippen LogP contribution in [0.2, 0.25) is 0 Å². The second kappa shape index (κ2) is 12.3. The third kappa shape index (κ3) is 5.99. The molecule has 0 aliphatic rings. The number of hydrogen-bond acceptors (Lipinski definition) is 6. The van der Waals surface area contributed by atoms with E-state index in [9.17, 15) is 10.1 Å². The van der Waals surface area contributed by atoms with Crippen LogP contribution >= 0.6 is 11.8 Å². The van der Waals surface area contributed by atoms with Crippen molar-refractivity contribution >= 4 is 23.4 Å². The number of nitrogens with zero attached hydrogens (tertiary/aromatic N) is 2. The third-order valence-electron chi connectivity index (χ3n) is 6.13. The van der Waals surface area contributed by atoms with Crippen LogP contribution in [0, 0.1) is 18.3 Å². The molecule has 7 heteroatoms. The van der Waals surface area contributed by atoms with Gasteiger partial charge in [-0.2, -0.15) is 5.26 Å². The van der Waals surface area contributed by atoms with Gasteiger partial charge in [0.25, 0.3) is 0 Å². The minimum absolute atomic E-state index is 0.181. The number of benzene rings is 3. The number of hydrogen-bond donors (Lipinski definition) is 1. The Hall–Kier alpha value is -4.28. The van der Waals surface area contributed by atoms with Crippen molar-refractivity contribution in [3.63, 3.8) is 0 Å². The average Bonchev–Trinajstić information content (AvgIpc) is 2.96. The third-order valence-corrected chi connectivity index (χ3v) is 7.48. The maximum absolute atomic E-state index is 13.3. The first-order chi connectivity index (χ1) is 18.5. The molecule has 1 heterocycles. The number of nitriles is 1. The number of aromatic nitrogens is 1. The molecule has 1 atom stereocenters. The number of nitrogens with one attached hydrogen (secondary N) is 1. The van der Waals surface area contributed by atoms with Gasteiger partial charge in [0.1, 0.15) is 22.6 Å². The van der Waals surface area contributed by atoms with E-state index in [-0.39, 0.29) is 5.91 Å². The summed E-state index contributed by atoms with van der Waals surface area (Å²) in [5.74, 6) is 1.15. The molecule has 38 heavy (non-hydrogen) atoms. The molecule has 1 amide bonds. The highest BCUT2D eigenvalue weighted by molar-refractivity contribution is 8.00. The Morgan fingerprint density at radius 3 is 2.32 bits per heavy atom. The van der Waals surface area contributed by atoms with Crippen LogP contribution in [0.15, 0.2) is 83.9 Å². The van der Waals surface area contributed by atoms with Gasteiger partial charge < -0.3 is 14.8 Å². The number of carbonyl (C=O) groups is 1. The standard InChI is InChI=1S/C31H29N3O3S/c1-5-29(30(35)33-26-8-6-7-9-28(26)37-4)38-31-25(19-32)24(21-12-10-20(2)11-13-21)18-27(34-31)22-14-16-23(36-3)17-15-22/h6-18,29H,5H2,1-4H3,(H,33,35). The molecule has 0 spiro atoms. The normalized spacial score (nSPS) is 11.3. The molecule has 0 bridgehead atoms. The first-order valence-electron chi connectivity index (χ1n) is 12.2. The molecule has 0 fully saturated rings. The van der Waals surface area contributed by atoms with Gasteiger partial charge in [0.15, 0.2) is 0 Å². The van der Waals surface area contributed by atoms with E-state index in [4.69, 9.17) is 14.5 Å². The van der Waals surface area contributed by atoms with Crippen LogP contribution < -0.4 is 14.8 Å².